The smallest absolute Gasteiger partial charge is 0.247 e. The van der Waals surface area contributed by atoms with E-state index in [4.69, 9.17) is 9.47 Å². The molecule has 1 amide bonds. The summed E-state index contributed by atoms with van der Waals surface area (Å²) in [7, 11) is 4.80. The highest BCUT2D eigenvalue weighted by atomic mass is 19.1. The van der Waals surface area contributed by atoms with E-state index in [9.17, 15) is 4.79 Å². The maximum absolute atomic E-state index is 15.2. The Morgan fingerprint density at radius 3 is 2.46 bits per heavy atom. The molecule has 8 nitrogen and oxygen atoms in total. The molecule has 2 aromatic carbocycles. The third-order valence-electron chi connectivity index (χ3n) is 7.73. The average Bonchev–Trinajstić information content (AvgIpc) is 3.37. The summed E-state index contributed by atoms with van der Waals surface area (Å²) in [5.74, 6) is -2.26. The van der Waals surface area contributed by atoms with E-state index in [-0.39, 0.29) is 23.0 Å². The SMILES string of the molecule is C=CC(=O)Nc1ccc(N2CCN(C)CC2)cc1-c1n[nH]c2c1CC[C@@H](c1c(F)c(OC)cc(OC)c1F)C2. The lowest BCUT2D eigenvalue weighted by molar-refractivity contribution is -0.111. The van der Waals surface area contributed by atoms with Crippen LogP contribution in [0, 0.1) is 11.6 Å². The van der Waals surface area contributed by atoms with E-state index < -0.39 is 17.6 Å². The van der Waals surface area contributed by atoms with Crippen molar-refractivity contribution in [2.75, 3.05) is 57.7 Å². The lowest BCUT2D eigenvalue weighted by Gasteiger charge is -2.34. The fourth-order valence-corrected chi connectivity index (χ4v) is 5.52. The second-order valence-electron chi connectivity index (χ2n) is 10.0. The predicted octanol–water partition coefficient (Wildman–Crippen LogP) is 4.52. The van der Waals surface area contributed by atoms with Crippen LogP contribution < -0.4 is 19.7 Å². The van der Waals surface area contributed by atoms with Crippen molar-refractivity contribution in [1.82, 2.24) is 15.1 Å². The Hall–Kier alpha value is -3.92. The second-order valence-corrected chi connectivity index (χ2v) is 10.0. The van der Waals surface area contributed by atoms with Crippen molar-refractivity contribution in [1.29, 1.82) is 0 Å². The van der Waals surface area contributed by atoms with E-state index in [0.717, 1.165) is 54.4 Å². The minimum absolute atomic E-state index is 0.0380. The van der Waals surface area contributed by atoms with Crippen LogP contribution in [-0.2, 0) is 17.6 Å². The van der Waals surface area contributed by atoms with Crippen LogP contribution in [0.1, 0.15) is 29.2 Å². The van der Waals surface area contributed by atoms with Crippen LogP contribution >= 0.6 is 0 Å². The van der Waals surface area contributed by atoms with Gasteiger partial charge in [0, 0.05) is 60.3 Å². The largest absolute Gasteiger partial charge is 0.494 e. The topological polar surface area (TPSA) is 82.7 Å². The number of carbonyl (C=O) groups excluding carboxylic acids is 1. The van der Waals surface area contributed by atoms with Gasteiger partial charge in [0.15, 0.2) is 23.1 Å². The highest BCUT2D eigenvalue weighted by Crippen LogP contribution is 2.43. The number of carbonyl (C=O) groups is 1. The molecule has 1 aliphatic carbocycles. The zero-order valence-corrected chi connectivity index (χ0v) is 22.4. The molecule has 1 aromatic heterocycles. The summed E-state index contributed by atoms with van der Waals surface area (Å²) in [5.41, 5.74) is 4.95. The van der Waals surface area contributed by atoms with Crippen molar-refractivity contribution in [2.45, 2.75) is 25.2 Å². The standard InChI is InChI=1S/C29H33F2N5O3/c1-5-25(37)32-21-9-7-18(36-12-10-35(2)11-13-36)15-20(21)29-19-8-6-17(14-22(19)33-34-29)26-27(30)23(38-3)16-24(39-4)28(26)31/h5,7,9,15-17H,1,6,8,10-14H2,2-4H3,(H,32,37)(H,33,34)/t17-/m1/s1. The molecular formula is C29H33F2N5O3. The highest BCUT2D eigenvalue weighted by molar-refractivity contribution is 6.02. The van der Waals surface area contributed by atoms with Crippen molar-refractivity contribution in [3.8, 4) is 22.8 Å². The number of halogens is 2. The summed E-state index contributed by atoms with van der Waals surface area (Å²) in [6, 6.07) is 7.18. The van der Waals surface area contributed by atoms with Gasteiger partial charge in [0.05, 0.1) is 25.6 Å². The van der Waals surface area contributed by atoms with Gasteiger partial charge in [-0.15, -0.1) is 0 Å². The van der Waals surface area contributed by atoms with Crippen molar-refractivity contribution in [3.63, 3.8) is 0 Å². The van der Waals surface area contributed by atoms with E-state index in [2.05, 4.69) is 45.0 Å². The molecule has 39 heavy (non-hydrogen) atoms. The van der Waals surface area contributed by atoms with Crippen LogP contribution in [0.3, 0.4) is 0 Å². The Balaban J connectivity index is 1.51. The summed E-state index contributed by atoms with van der Waals surface area (Å²) in [4.78, 5) is 16.8. The molecule has 1 saturated heterocycles. The number of H-pyrrole nitrogens is 1. The number of nitrogens with zero attached hydrogens (tertiary/aromatic N) is 3. The zero-order chi connectivity index (χ0) is 27.7. The number of ether oxygens (including phenoxy) is 2. The fraction of sp³-hybridized carbons (Fsp3) is 0.379. The van der Waals surface area contributed by atoms with Crippen LogP contribution in [0.25, 0.3) is 11.3 Å². The number of nitrogens with one attached hydrogen (secondary N) is 2. The highest BCUT2D eigenvalue weighted by Gasteiger charge is 2.32. The van der Waals surface area contributed by atoms with Gasteiger partial charge < -0.3 is 24.6 Å². The molecule has 5 rings (SSSR count). The molecule has 0 radical (unpaired) electrons. The van der Waals surface area contributed by atoms with E-state index in [1.54, 1.807) is 0 Å². The summed E-state index contributed by atoms with van der Waals surface area (Å²) >= 11 is 0. The summed E-state index contributed by atoms with van der Waals surface area (Å²) in [6.45, 7) is 7.29. The third kappa shape index (κ3) is 5.08. The molecule has 0 spiro atoms. The number of aromatic nitrogens is 2. The molecule has 10 heteroatoms. The number of piperazine rings is 1. The monoisotopic (exact) mass is 537 g/mol. The van der Waals surface area contributed by atoms with Gasteiger partial charge in [-0.3, -0.25) is 9.89 Å². The first-order valence-electron chi connectivity index (χ1n) is 13.0. The quantitative estimate of drug-likeness (QED) is 0.432. The van der Waals surface area contributed by atoms with Crippen molar-refractivity contribution >= 4 is 17.3 Å². The summed E-state index contributed by atoms with van der Waals surface area (Å²) in [5, 5.41) is 10.6. The minimum atomic E-state index is -0.710. The lowest BCUT2D eigenvalue weighted by atomic mass is 9.81. The van der Waals surface area contributed by atoms with Gasteiger partial charge >= 0.3 is 0 Å². The number of aromatic amines is 1. The number of methoxy groups -OCH3 is 2. The Morgan fingerprint density at radius 2 is 1.82 bits per heavy atom. The van der Waals surface area contributed by atoms with E-state index in [1.165, 1.54) is 26.4 Å². The predicted molar refractivity (Wildman–Crippen MR) is 147 cm³/mol. The maximum atomic E-state index is 15.2. The molecule has 206 valence electrons. The molecule has 0 bridgehead atoms. The normalized spacial score (nSPS) is 17.5. The van der Waals surface area contributed by atoms with Crippen molar-refractivity contribution in [3.05, 3.63) is 65.4 Å². The molecule has 2 aliphatic rings. The van der Waals surface area contributed by atoms with E-state index >= 15 is 8.78 Å². The Kier molecular flexibility index (Phi) is 7.56. The summed E-state index contributed by atoms with van der Waals surface area (Å²) < 4.78 is 40.7. The zero-order valence-electron chi connectivity index (χ0n) is 22.4. The number of rotatable bonds is 7. The molecule has 2 heterocycles. The van der Waals surface area contributed by atoms with Crippen LogP contribution in [0.2, 0.25) is 0 Å². The minimum Gasteiger partial charge on any atom is -0.494 e. The number of fused-ring (bicyclic) bond motifs is 1. The molecular weight excluding hydrogens is 504 g/mol. The number of benzene rings is 2. The number of hydrogen-bond acceptors (Lipinski definition) is 6. The Labute approximate surface area is 226 Å². The van der Waals surface area contributed by atoms with Crippen LogP contribution in [0.4, 0.5) is 20.2 Å². The van der Waals surface area contributed by atoms with Gasteiger partial charge in [0.25, 0.3) is 0 Å². The summed E-state index contributed by atoms with van der Waals surface area (Å²) in [6.07, 6.45) is 2.67. The fourth-order valence-electron chi connectivity index (χ4n) is 5.52. The number of hydrogen-bond donors (Lipinski definition) is 2. The Bertz CT molecular complexity index is 1370. The van der Waals surface area contributed by atoms with Gasteiger partial charge in [-0.1, -0.05) is 6.58 Å². The molecule has 3 aromatic rings. The van der Waals surface area contributed by atoms with Gasteiger partial charge in [-0.05, 0) is 56.5 Å². The van der Waals surface area contributed by atoms with Crippen LogP contribution in [0.5, 0.6) is 11.5 Å². The average molecular weight is 538 g/mol. The molecule has 1 atom stereocenters. The van der Waals surface area contributed by atoms with Crippen molar-refractivity contribution < 1.29 is 23.0 Å². The first-order valence-corrected chi connectivity index (χ1v) is 13.0. The maximum Gasteiger partial charge on any atom is 0.247 e. The van der Waals surface area contributed by atoms with Crippen molar-refractivity contribution in [2.24, 2.45) is 0 Å². The number of anilines is 2. The number of likely N-dealkylation sites (N-methyl/N-ethyl adjacent to an activating group) is 1. The van der Waals surface area contributed by atoms with Gasteiger partial charge in [-0.2, -0.15) is 5.10 Å². The van der Waals surface area contributed by atoms with Crippen LogP contribution in [0.15, 0.2) is 36.9 Å². The van der Waals surface area contributed by atoms with E-state index in [1.807, 2.05) is 12.1 Å². The van der Waals surface area contributed by atoms with Crippen LogP contribution in [-0.4, -0.2) is 68.5 Å². The molecule has 2 N–H and O–H groups in total. The Morgan fingerprint density at radius 1 is 1.13 bits per heavy atom. The first kappa shape index (κ1) is 26.7. The van der Waals surface area contributed by atoms with Gasteiger partial charge in [-0.25, -0.2) is 8.78 Å². The molecule has 1 fully saturated rings. The third-order valence-corrected chi connectivity index (χ3v) is 7.73. The van der Waals surface area contributed by atoms with Gasteiger partial charge in [0.1, 0.15) is 0 Å². The first-order chi connectivity index (χ1) is 18.8. The number of amides is 1. The molecule has 0 saturated carbocycles. The van der Waals surface area contributed by atoms with Gasteiger partial charge in [0.2, 0.25) is 5.91 Å². The molecule has 1 aliphatic heterocycles. The second kappa shape index (κ2) is 11.1. The van der Waals surface area contributed by atoms with E-state index in [0.29, 0.717) is 24.9 Å². The molecule has 0 unspecified atom stereocenters. The lowest BCUT2D eigenvalue weighted by Crippen LogP contribution is -2.44.